The Bertz CT molecular complexity index is 1520. The van der Waals surface area contributed by atoms with Gasteiger partial charge in [0.05, 0.1) is 11.7 Å². The van der Waals surface area contributed by atoms with Gasteiger partial charge in [0.2, 0.25) is 5.95 Å². The first-order chi connectivity index (χ1) is 18.5. The van der Waals surface area contributed by atoms with Gasteiger partial charge < -0.3 is 19.5 Å². The molecule has 10 nitrogen and oxygen atoms in total. The maximum atomic E-state index is 12.3. The standard InChI is InChI=1S/C28H31N7O3/c1-17-3-6-20(7-4-17)35-24-14-29-11-9-21(24)22-13-30-28(33-27(22)35)32-25-8-5-19-15-34(12-10-23(19)31-25)26(37)16-38-18(2)36/h5,8-9,11,13-14,17,20H,3-4,6-7,10,12,15-16H2,1-2H3,(H,30,31,32,33)/t17-,20-. The van der Waals surface area contributed by atoms with Crippen LogP contribution in [0.1, 0.15) is 56.8 Å². The number of ether oxygens (including phenoxy) is 1. The highest BCUT2D eigenvalue weighted by Crippen LogP contribution is 2.38. The summed E-state index contributed by atoms with van der Waals surface area (Å²) in [4.78, 5) is 43.8. The number of carbonyl (C=O) groups excluding carboxylic acids is 2. The van der Waals surface area contributed by atoms with Crippen molar-refractivity contribution in [1.29, 1.82) is 0 Å². The third-order valence-corrected chi connectivity index (χ3v) is 7.74. The van der Waals surface area contributed by atoms with E-state index in [9.17, 15) is 9.59 Å². The summed E-state index contributed by atoms with van der Waals surface area (Å²) in [5.74, 6) is 1.27. The van der Waals surface area contributed by atoms with E-state index in [0.717, 1.165) is 52.0 Å². The number of pyridine rings is 2. The molecule has 4 aromatic heterocycles. The van der Waals surface area contributed by atoms with Crippen molar-refractivity contribution < 1.29 is 14.3 Å². The van der Waals surface area contributed by atoms with Crippen molar-refractivity contribution in [3.05, 3.63) is 48.0 Å². The van der Waals surface area contributed by atoms with E-state index in [1.165, 1.54) is 19.8 Å². The summed E-state index contributed by atoms with van der Waals surface area (Å²) in [6.07, 6.45) is 11.0. The first kappa shape index (κ1) is 24.3. The lowest BCUT2D eigenvalue weighted by atomic mass is 9.87. The minimum absolute atomic E-state index is 0.201. The molecule has 0 aromatic carbocycles. The Balaban J connectivity index is 1.25. The Morgan fingerprint density at radius 1 is 1.08 bits per heavy atom. The number of nitrogens with one attached hydrogen (secondary N) is 1. The van der Waals surface area contributed by atoms with Gasteiger partial charge in [0.15, 0.2) is 6.61 Å². The number of esters is 1. The van der Waals surface area contributed by atoms with E-state index in [4.69, 9.17) is 14.7 Å². The average Bonchev–Trinajstić information content (AvgIpc) is 3.25. The van der Waals surface area contributed by atoms with Crippen molar-refractivity contribution in [1.82, 2.24) is 29.4 Å². The first-order valence-electron chi connectivity index (χ1n) is 13.2. The van der Waals surface area contributed by atoms with Gasteiger partial charge in [0.1, 0.15) is 11.5 Å². The quantitative estimate of drug-likeness (QED) is 0.393. The van der Waals surface area contributed by atoms with Crippen LogP contribution >= 0.6 is 0 Å². The maximum Gasteiger partial charge on any atom is 0.303 e. The molecule has 1 saturated carbocycles. The molecule has 2 aliphatic rings. The van der Waals surface area contributed by atoms with Crippen LogP contribution in [0.25, 0.3) is 21.9 Å². The monoisotopic (exact) mass is 513 g/mol. The van der Waals surface area contributed by atoms with Gasteiger partial charge >= 0.3 is 5.97 Å². The van der Waals surface area contributed by atoms with Crippen molar-refractivity contribution in [3.8, 4) is 0 Å². The largest absolute Gasteiger partial charge is 0.456 e. The van der Waals surface area contributed by atoms with Crippen LogP contribution in [0.5, 0.6) is 0 Å². The van der Waals surface area contributed by atoms with Crippen LogP contribution < -0.4 is 5.32 Å². The fraction of sp³-hybridized carbons (Fsp3) is 0.429. The first-order valence-corrected chi connectivity index (χ1v) is 13.2. The lowest BCUT2D eigenvalue weighted by Crippen LogP contribution is -2.38. The third kappa shape index (κ3) is 4.66. The van der Waals surface area contributed by atoms with Gasteiger partial charge in [0, 0.05) is 61.3 Å². The van der Waals surface area contributed by atoms with Crippen molar-refractivity contribution in [2.24, 2.45) is 5.92 Å². The number of aromatic nitrogens is 5. The Labute approximate surface area is 220 Å². The second-order valence-corrected chi connectivity index (χ2v) is 10.4. The molecule has 0 unspecified atom stereocenters. The molecule has 6 rings (SSSR count). The van der Waals surface area contributed by atoms with Gasteiger partial charge in [-0.15, -0.1) is 0 Å². The van der Waals surface area contributed by atoms with E-state index in [1.807, 2.05) is 36.8 Å². The highest BCUT2D eigenvalue weighted by Gasteiger charge is 2.25. The zero-order chi connectivity index (χ0) is 26.2. The van der Waals surface area contributed by atoms with Gasteiger partial charge in [-0.2, -0.15) is 4.98 Å². The molecule has 0 atom stereocenters. The van der Waals surface area contributed by atoms with Gasteiger partial charge in [-0.1, -0.05) is 13.0 Å². The minimum atomic E-state index is -0.459. The van der Waals surface area contributed by atoms with E-state index < -0.39 is 5.97 Å². The summed E-state index contributed by atoms with van der Waals surface area (Å²) in [7, 11) is 0. The summed E-state index contributed by atoms with van der Waals surface area (Å²) in [5, 5.41) is 5.45. The second-order valence-electron chi connectivity index (χ2n) is 10.4. The zero-order valence-electron chi connectivity index (χ0n) is 21.7. The predicted octanol–water partition coefficient (Wildman–Crippen LogP) is 4.32. The SMILES string of the molecule is CC(=O)OCC(=O)N1CCc2nc(Nc3ncc4c5ccncc5n([C@H]5CC[C@H](C)CC5)c4n3)ccc2C1. The van der Waals surface area contributed by atoms with E-state index >= 15 is 0 Å². The Hall–Kier alpha value is -4.08. The van der Waals surface area contributed by atoms with Gasteiger partial charge in [-0.25, -0.2) is 9.97 Å². The fourth-order valence-electron chi connectivity index (χ4n) is 5.66. The second kappa shape index (κ2) is 10.00. The molecular weight excluding hydrogens is 482 g/mol. The van der Waals surface area contributed by atoms with Gasteiger partial charge in [-0.05, 0) is 49.3 Å². The van der Waals surface area contributed by atoms with Crippen LogP contribution in [-0.4, -0.2) is 54.4 Å². The number of hydrogen-bond acceptors (Lipinski definition) is 8. The molecule has 0 saturated heterocycles. The molecule has 1 aliphatic heterocycles. The van der Waals surface area contributed by atoms with E-state index in [2.05, 4.69) is 26.8 Å². The van der Waals surface area contributed by atoms with E-state index in [-0.39, 0.29) is 12.5 Å². The number of fused-ring (bicyclic) bond motifs is 4. The molecule has 196 valence electrons. The zero-order valence-corrected chi connectivity index (χ0v) is 21.7. The Morgan fingerprint density at radius 2 is 1.92 bits per heavy atom. The van der Waals surface area contributed by atoms with Crippen molar-refractivity contribution >= 4 is 45.6 Å². The Kier molecular flexibility index (Phi) is 6.39. The fourth-order valence-corrected chi connectivity index (χ4v) is 5.66. The molecule has 1 amide bonds. The number of anilines is 2. The summed E-state index contributed by atoms with van der Waals surface area (Å²) in [5.41, 5.74) is 3.94. The van der Waals surface area contributed by atoms with Crippen molar-refractivity contribution in [3.63, 3.8) is 0 Å². The number of amides is 1. The lowest BCUT2D eigenvalue weighted by molar-refractivity contribution is -0.150. The van der Waals surface area contributed by atoms with Crippen LogP contribution in [0, 0.1) is 5.92 Å². The van der Waals surface area contributed by atoms with Gasteiger partial charge in [-0.3, -0.25) is 14.6 Å². The Morgan fingerprint density at radius 3 is 2.74 bits per heavy atom. The van der Waals surface area contributed by atoms with Crippen LogP contribution in [-0.2, 0) is 27.3 Å². The smallest absolute Gasteiger partial charge is 0.303 e. The van der Waals surface area contributed by atoms with Crippen molar-refractivity contribution in [2.75, 3.05) is 18.5 Å². The van der Waals surface area contributed by atoms with E-state index in [0.29, 0.717) is 37.3 Å². The topological polar surface area (TPSA) is 115 Å². The lowest BCUT2D eigenvalue weighted by Gasteiger charge is -2.28. The molecule has 1 fully saturated rings. The number of carbonyl (C=O) groups is 2. The summed E-state index contributed by atoms with van der Waals surface area (Å²) < 4.78 is 7.22. The van der Waals surface area contributed by atoms with Gasteiger partial charge in [0.25, 0.3) is 5.91 Å². The van der Waals surface area contributed by atoms with Crippen LogP contribution in [0.3, 0.4) is 0 Å². The molecule has 0 spiro atoms. The highest BCUT2D eigenvalue weighted by atomic mass is 16.5. The summed E-state index contributed by atoms with van der Waals surface area (Å²) in [6.45, 7) is 4.37. The number of hydrogen-bond donors (Lipinski definition) is 1. The normalized spacial score (nSPS) is 19.4. The molecule has 10 heteroatoms. The average molecular weight is 514 g/mol. The van der Waals surface area contributed by atoms with E-state index in [1.54, 1.807) is 4.90 Å². The molecule has 38 heavy (non-hydrogen) atoms. The predicted molar refractivity (Wildman–Crippen MR) is 143 cm³/mol. The highest BCUT2D eigenvalue weighted by molar-refractivity contribution is 6.06. The number of rotatable bonds is 5. The summed E-state index contributed by atoms with van der Waals surface area (Å²) >= 11 is 0. The van der Waals surface area contributed by atoms with Crippen molar-refractivity contribution in [2.45, 2.75) is 58.5 Å². The molecular formula is C28H31N7O3. The summed E-state index contributed by atoms with van der Waals surface area (Å²) in [6, 6.07) is 6.29. The number of nitrogens with zero attached hydrogens (tertiary/aromatic N) is 6. The molecule has 1 N–H and O–H groups in total. The van der Waals surface area contributed by atoms with Crippen LogP contribution in [0.4, 0.5) is 11.8 Å². The maximum absolute atomic E-state index is 12.3. The molecule has 1 aliphatic carbocycles. The molecule has 0 radical (unpaired) electrons. The van der Waals surface area contributed by atoms with Crippen LogP contribution in [0.15, 0.2) is 36.8 Å². The molecule has 4 aromatic rings. The van der Waals surface area contributed by atoms with Crippen LogP contribution in [0.2, 0.25) is 0 Å². The minimum Gasteiger partial charge on any atom is -0.456 e. The molecule has 0 bridgehead atoms. The third-order valence-electron chi connectivity index (χ3n) is 7.74. The molecule has 5 heterocycles.